The number of hydrogen-bond acceptors (Lipinski definition) is 5. The fraction of sp³-hybridized carbons (Fsp3) is 0.158. The lowest BCUT2D eigenvalue weighted by atomic mass is 10.2. The number of amides is 2. The number of rotatable bonds is 5. The van der Waals surface area contributed by atoms with E-state index in [0.717, 1.165) is 5.56 Å². The average molecular weight is 398 g/mol. The number of nitrogens with zero attached hydrogens (tertiary/aromatic N) is 3. The number of hydrogen-bond donors (Lipinski definition) is 2. The van der Waals surface area contributed by atoms with Gasteiger partial charge in [-0.3, -0.25) is 14.9 Å². The van der Waals surface area contributed by atoms with Gasteiger partial charge in [0, 0.05) is 22.3 Å². The molecule has 3 aromatic rings. The van der Waals surface area contributed by atoms with Gasteiger partial charge in [-0.2, -0.15) is 4.98 Å². The van der Waals surface area contributed by atoms with E-state index in [1.54, 1.807) is 55.6 Å². The van der Waals surface area contributed by atoms with Gasteiger partial charge in [-0.05, 0) is 36.4 Å². The fourth-order valence-corrected chi connectivity index (χ4v) is 3.05. The summed E-state index contributed by atoms with van der Waals surface area (Å²) in [6.45, 7) is 0. The number of ether oxygens (including phenoxy) is 1. The molecule has 1 aromatic heterocycles. The molecule has 1 aliphatic heterocycles. The van der Waals surface area contributed by atoms with Crippen LogP contribution in [-0.2, 0) is 9.59 Å². The highest BCUT2D eigenvalue weighted by molar-refractivity contribution is 6.30. The Bertz CT molecular complexity index is 1050. The summed E-state index contributed by atoms with van der Waals surface area (Å²) in [6, 6.07) is 13.3. The van der Waals surface area contributed by atoms with Crippen LogP contribution in [0.25, 0.3) is 11.4 Å². The van der Waals surface area contributed by atoms with Gasteiger partial charge in [-0.25, -0.2) is 4.68 Å². The summed E-state index contributed by atoms with van der Waals surface area (Å²) in [5, 5.41) is 10.4. The molecule has 1 atom stereocenters. The van der Waals surface area contributed by atoms with Crippen molar-refractivity contribution in [3.05, 3.63) is 53.6 Å². The maximum atomic E-state index is 12.4. The minimum Gasteiger partial charge on any atom is -0.497 e. The summed E-state index contributed by atoms with van der Waals surface area (Å²) in [7, 11) is 1.55. The van der Waals surface area contributed by atoms with Crippen molar-refractivity contribution in [1.82, 2.24) is 14.8 Å². The van der Waals surface area contributed by atoms with Crippen LogP contribution in [0.1, 0.15) is 12.5 Å². The van der Waals surface area contributed by atoms with E-state index in [9.17, 15) is 9.59 Å². The lowest BCUT2D eigenvalue weighted by Gasteiger charge is -2.10. The normalized spacial score (nSPS) is 15.1. The number of methoxy groups -OCH3 is 1. The van der Waals surface area contributed by atoms with Crippen LogP contribution >= 0.6 is 11.6 Å². The van der Waals surface area contributed by atoms with Crippen molar-refractivity contribution in [3.63, 3.8) is 0 Å². The number of nitrogens with one attached hydrogen (secondary N) is 2. The summed E-state index contributed by atoms with van der Waals surface area (Å²) >= 11 is 5.90. The quantitative estimate of drug-likeness (QED) is 0.689. The van der Waals surface area contributed by atoms with Crippen LogP contribution in [0.2, 0.25) is 5.02 Å². The average Bonchev–Trinajstić information content (AvgIpc) is 3.21. The van der Waals surface area contributed by atoms with Crippen LogP contribution in [0.5, 0.6) is 5.75 Å². The molecule has 2 aromatic carbocycles. The van der Waals surface area contributed by atoms with E-state index in [0.29, 0.717) is 28.2 Å². The zero-order chi connectivity index (χ0) is 19.7. The lowest BCUT2D eigenvalue weighted by molar-refractivity contribution is -0.123. The molecule has 0 unspecified atom stereocenters. The molecular formula is C19H16ClN5O3. The first-order valence-electron chi connectivity index (χ1n) is 8.51. The van der Waals surface area contributed by atoms with E-state index in [2.05, 4.69) is 20.7 Å². The molecule has 0 saturated carbocycles. The van der Waals surface area contributed by atoms with Gasteiger partial charge < -0.3 is 10.1 Å². The predicted octanol–water partition coefficient (Wildman–Crippen LogP) is 3.13. The summed E-state index contributed by atoms with van der Waals surface area (Å²) in [5.74, 6) is 0.754. The van der Waals surface area contributed by atoms with Crippen LogP contribution in [0.15, 0.2) is 48.5 Å². The molecule has 2 amide bonds. The molecule has 2 N–H and O–H groups in total. The molecule has 8 nitrogen and oxygen atoms in total. The smallest absolute Gasteiger partial charge is 0.252 e. The molecule has 142 valence electrons. The van der Waals surface area contributed by atoms with E-state index in [-0.39, 0.29) is 18.2 Å². The number of benzene rings is 2. The number of carbonyl (C=O) groups excluding carboxylic acids is 2. The second-order valence-electron chi connectivity index (χ2n) is 6.20. The largest absolute Gasteiger partial charge is 0.497 e. The van der Waals surface area contributed by atoms with Gasteiger partial charge in [0.2, 0.25) is 11.9 Å². The highest BCUT2D eigenvalue weighted by Gasteiger charge is 2.35. The Labute approximate surface area is 165 Å². The molecule has 0 bridgehead atoms. The molecule has 9 heteroatoms. The van der Waals surface area contributed by atoms with Crippen molar-refractivity contribution in [3.8, 4) is 17.1 Å². The SMILES string of the molecule is COc1cccc(NC(=O)C[C@@H]2C(=O)Nc3nc(-c4ccc(Cl)cc4)nn32)c1. The van der Waals surface area contributed by atoms with Crippen LogP contribution < -0.4 is 15.4 Å². The van der Waals surface area contributed by atoms with Gasteiger partial charge in [0.15, 0.2) is 5.82 Å². The third kappa shape index (κ3) is 3.54. The van der Waals surface area contributed by atoms with Crippen molar-refractivity contribution in [2.45, 2.75) is 12.5 Å². The van der Waals surface area contributed by atoms with Gasteiger partial charge in [0.1, 0.15) is 11.8 Å². The Kier molecular flexibility index (Phi) is 4.70. The Hall–Kier alpha value is -3.39. The summed E-state index contributed by atoms with van der Waals surface area (Å²) in [4.78, 5) is 29.0. The lowest BCUT2D eigenvalue weighted by Crippen LogP contribution is -2.23. The van der Waals surface area contributed by atoms with Crippen LogP contribution in [0.3, 0.4) is 0 Å². The van der Waals surface area contributed by atoms with Crippen molar-refractivity contribution >= 4 is 35.1 Å². The van der Waals surface area contributed by atoms with Crippen molar-refractivity contribution in [2.24, 2.45) is 0 Å². The molecule has 0 spiro atoms. The number of carbonyl (C=O) groups is 2. The number of anilines is 2. The minimum absolute atomic E-state index is 0.0700. The minimum atomic E-state index is -0.769. The first kappa shape index (κ1) is 18.0. The topological polar surface area (TPSA) is 98.1 Å². The monoisotopic (exact) mass is 397 g/mol. The number of aromatic nitrogens is 3. The Morgan fingerprint density at radius 1 is 1.29 bits per heavy atom. The summed E-state index contributed by atoms with van der Waals surface area (Å²) in [5.41, 5.74) is 1.35. The highest BCUT2D eigenvalue weighted by atomic mass is 35.5. The van der Waals surface area contributed by atoms with E-state index in [1.807, 2.05) is 0 Å². The fourth-order valence-electron chi connectivity index (χ4n) is 2.92. The van der Waals surface area contributed by atoms with E-state index >= 15 is 0 Å². The van der Waals surface area contributed by atoms with Gasteiger partial charge in [0.05, 0.1) is 13.5 Å². The van der Waals surface area contributed by atoms with E-state index in [1.165, 1.54) is 4.68 Å². The van der Waals surface area contributed by atoms with Crippen LogP contribution in [0.4, 0.5) is 11.6 Å². The maximum Gasteiger partial charge on any atom is 0.252 e. The first-order valence-corrected chi connectivity index (χ1v) is 8.88. The second-order valence-corrected chi connectivity index (χ2v) is 6.64. The van der Waals surface area contributed by atoms with E-state index in [4.69, 9.17) is 16.3 Å². The van der Waals surface area contributed by atoms with Gasteiger partial charge in [-0.1, -0.05) is 17.7 Å². The molecule has 4 rings (SSSR count). The molecule has 2 heterocycles. The van der Waals surface area contributed by atoms with Crippen molar-refractivity contribution in [2.75, 3.05) is 17.7 Å². The zero-order valence-electron chi connectivity index (χ0n) is 14.8. The molecule has 28 heavy (non-hydrogen) atoms. The molecule has 0 fully saturated rings. The number of fused-ring (bicyclic) bond motifs is 1. The first-order chi connectivity index (χ1) is 13.5. The molecule has 0 saturated heterocycles. The molecule has 1 aliphatic rings. The van der Waals surface area contributed by atoms with E-state index < -0.39 is 6.04 Å². The van der Waals surface area contributed by atoms with Crippen LogP contribution in [0, 0.1) is 0 Å². The van der Waals surface area contributed by atoms with Crippen LogP contribution in [-0.4, -0.2) is 33.7 Å². The zero-order valence-corrected chi connectivity index (χ0v) is 15.6. The van der Waals surface area contributed by atoms with Gasteiger partial charge in [0.25, 0.3) is 5.91 Å². The Morgan fingerprint density at radius 2 is 2.07 bits per heavy atom. The Balaban J connectivity index is 1.51. The maximum absolute atomic E-state index is 12.4. The summed E-state index contributed by atoms with van der Waals surface area (Å²) in [6.07, 6.45) is -0.0700. The highest BCUT2D eigenvalue weighted by Crippen LogP contribution is 2.29. The molecule has 0 radical (unpaired) electrons. The number of halogens is 1. The second kappa shape index (κ2) is 7.32. The molecule has 0 aliphatic carbocycles. The third-order valence-electron chi connectivity index (χ3n) is 4.30. The van der Waals surface area contributed by atoms with Crippen molar-refractivity contribution in [1.29, 1.82) is 0 Å². The van der Waals surface area contributed by atoms with Gasteiger partial charge >= 0.3 is 0 Å². The standard InChI is InChI=1S/C19H16ClN5O3/c1-28-14-4-2-3-13(9-14)21-16(26)10-15-18(27)23-19-22-17(24-25(15)19)11-5-7-12(20)8-6-11/h2-9,15H,10H2,1H3,(H,21,26)(H,22,23,24,27)/t15-/m1/s1. The third-order valence-corrected chi connectivity index (χ3v) is 4.55. The summed E-state index contributed by atoms with van der Waals surface area (Å²) < 4.78 is 6.58. The molecular weight excluding hydrogens is 382 g/mol. The predicted molar refractivity (Wildman–Crippen MR) is 104 cm³/mol. The van der Waals surface area contributed by atoms with Gasteiger partial charge in [-0.15, -0.1) is 5.10 Å². The Morgan fingerprint density at radius 3 is 2.82 bits per heavy atom. The van der Waals surface area contributed by atoms with Crippen molar-refractivity contribution < 1.29 is 14.3 Å².